The molecule has 1 heterocycles. The molecule has 0 spiro atoms. The van der Waals surface area contributed by atoms with Crippen LogP contribution in [0.3, 0.4) is 0 Å². The molecular weight excluding hydrogens is 200 g/mol. The van der Waals surface area contributed by atoms with Gasteiger partial charge in [-0.2, -0.15) is 0 Å². The number of rotatable bonds is 3. The molecule has 1 aromatic heterocycles. The molecule has 1 aliphatic rings. The molecule has 0 amide bonds. The number of nitrogen functional groups attached to an aromatic ring is 1. The van der Waals surface area contributed by atoms with Gasteiger partial charge in [-0.25, -0.2) is 0 Å². The molecule has 2 unspecified atom stereocenters. The normalized spacial score (nSPS) is 25.3. The highest BCUT2D eigenvalue weighted by Gasteiger charge is 2.25. The fourth-order valence-electron chi connectivity index (χ4n) is 2.46. The van der Waals surface area contributed by atoms with Gasteiger partial charge >= 0.3 is 0 Å². The Morgan fingerprint density at radius 3 is 3.00 bits per heavy atom. The lowest BCUT2D eigenvalue weighted by atomic mass is 9.85. The quantitative estimate of drug-likeness (QED) is 0.851. The first-order valence-electron chi connectivity index (χ1n) is 6.17. The molecule has 1 fully saturated rings. The van der Waals surface area contributed by atoms with Gasteiger partial charge in [-0.15, -0.1) is 0 Å². The van der Waals surface area contributed by atoms with Gasteiger partial charge in [0, 0.05) is 12.3 Å². The maximum atomic E-state index is 6.02. The zero-order valence-electron chi connectivity index (χ0n) is 9.86. The summed E-state index contributed by atoms with van der Waals surface area (Å²) in [6.45, 7) is 2.24. The molecule has 1 aliphatic carbocycles. The van der Waals surface area contributed by atoms with E-state index < -0.39 is 0 Å². The van der Waals surface area contributed by atoms with E-state index in [9.17, 15) is 0 Å². The van der Waals surface area contributed by atoms with Gasteiger partial charge in [-0.3, -0.25) is 4.98 Å². The molecule has 0 aliphatic heterocycles. The number of aromatic nitrogens is 1. The third-order valence-corrected chi connectivity index (χ3v) is 3.45. The highest BCUT2D eigenvalue weighted by Crippen LogP contribution is 2.31. The maximum Gasteiger partial charge on any atom is 0.145 e. The number of hydrogen-bond donors (Lipinski definition) is 1. The third-order valence-electron chi connectivity index (χ3n) is 3.45. The minimum atomic E-state index is 0.337. The van der Waals surface area contributed by atoms with E-state index in [0.29, 0.717) is 17.7 Å². The molecule has 2 atom stereocenters. The van der Waals surface area contributed by atoms with Crippen LogP contribution in [0.2, 0.25) is 0 Å². The minimum absolute atomic E-state index is 0.337. The molecule has 0 radical (unpaired) electrons. The summed E-state index contributed by atoms with van der Waals surface area (Å²) in [6, 6.07) is 1.86. The van der Waals surface area contributed by atoms with Crippen molar-refractivity contribution < 1.29 is 4.74 Å². The number of anilines is 1. The Bertz CT molecular complexity index is 340. The van der Waals surface area contributed by atoms with Crippen LogP contribution >= 0.6 is 0 Å². The molecule has 0 saturated heterocycles. The topological polar surface area (TPSA) is 48.1 Å². The molecule has 3 heteroatoms. The van der Waals surface area contributed by atoms with Gasteiger partial charge in [-0.1, -0.05) is 13.3 Å². The minimum Gasteiger partial charge on any atom is -0.488 e. The fourth-order valence-corrected chi connectivity index (χ4v) is 2.46. The van der Waals surface area contributed by atoms with Gasteiger partial charge in [0.1, 0.15) is 11.9 Å². The summed E-state index contributed by atoms with van der Waals surface area (Å²) < 4.78 is 6.02. The Hall–Kier alpha value is -1.25. The molecule has 0 bridgehead atoms. The Morgan fingerprint density at radius 2 is 2.25 bits per heavy atom. The zero-order chi connectivity index (χ0) is 11.4. The standard InChI is InChI=1S/C13H20N2O/c1-2-10-5-3-4-6-12(10)16-13-7-8-15-9-11(13)14/h7-10,12H,2-6,14H2,1H3. The third kappa shape index (κ3) is 2.46. The molecule has 2 rings (SSSR count). The molecule has 1 aromatic rings. The van der Waals surface area contributed by atoms with Gasteiger partial charge in [0.2, 0.25) is 0 Å². The van der Waals surface area contributed by atoms with Crippen LogP contribution in [-0.4, -0.2) is 11.1 Å². The summed E-state index contributed by atoms with van der Waals surface area (Å²) >= 11 is 0. The summed E-state index contributed by atoms with van der Waals surface area (Å²) in [5.74, 6) is 1.47. The summed E-state index contributed by atoms with van der Waals surface area (Å²) in [4.78, 5) is 3.97. The molecule has 16 heavy (non-hydrogen) atoms. The van der Waals surface area contributed by atoms with Gasteiger partial charge in [0.25, 0.3) is 0 Å². The van der Waals surface area contributed by atoms with Crippen LogP contribution in [0.4, 0.5) is 5.69 Å². The first-order valence-corrected chi connectivity index (χ1v) is 6.17. The lowest BCUT2D eigenvalue weighted by Gasteiger charge is -2.31. The van der Waals surface area contributed by atoms with Gasteiger partial charge < -0.3 is 10.5 Å². The van der Waals surface area contributed by atoms with Crippen LogP contribution in [0, 0.1) is 5.92 Å². The first-order chi connectivity index (χ1) is 7.81. The lowest BCUT2D eigenvalue weighted by molar-refractivity contribution is 0.0910. The Labute approximate surface area is 97.0 Å². The maximum absolute atomic E-state index is 6.02. The molecule has 88 valence electrons. The van der Waals surface area contributed by atoms with E-state index in [1.165, 1.54) is 25.7 Å². The predicted octanol–water partition coefficient (Wildman–Crippen LogP) is 3.01. The average molecular weight is 220 g/mol. The average Bonchev–Trinajstić information content (AvgIpc) is 2.33. The SMILES string of the molecule is CCC1CCCCC1Oc1ccncc1N. The Morgan fingerprint density at radius 1 is 1.44 bits per heavy atom. The van der Waals surface area contributed by atoms with E-state index in [4.69, 9.17) is 10.5 Å². The number of nitrogens with two attached hydrogens (primary N) is 1. The zero-order valence-corrected chi connectivity index (χ0v) is 9.86. The van der Waals surface area contributed by atoms with Gasteiger partial charge in [-0.05, 0) is 31.6 Å². The van der Waals surface area contributed by atoms with Crippen LogP contribution in [0.25, 0.3) is 0 Å². The van der Waals surface area contributed by atoms with E-state index in [1.54, 1.807) is 12.4 Å². The largest absolute Gasteiger partial charge is 0.488 e. The molecule has 3 nitrogen and oxygen atoms in total. The predicted molar refractivity (Wildman–Crippen MR) is 65.3 cm³/mol. The molecular formula is C13H20N2O. The van der Waals surface area contributed by atoms with Crippen molar-refractivity contribution in [2.75, 3.05) is 5.73 Å². The Balaban J connectivity index is 2.05. The monoisotopic (exact) mass is 220 g/mol. The lowest BCUT2D eigenvalue weighted by Crippen LogP contribution is -2.30. The molecule has 1 saturated carbocycles. The van der Waals surface area contributed by atoms with Crippen LogP contribution in [0.5, 0.6) is 5.75 Å². The van der Waals surface area contributed by atoms with Crippen molar-refractivity contribution in [1.29, 1.82) is 0 Å². The van der Waals surface area contributed by atoms with Crippen molar-refractivity contribution in [1.82, 2.24) is 4.98 Å². The highest BCUT2D eigenvalue weighted by atomic mass is 16.5. The van der Waals surface area contributed by atoms with Crippen LogP contribution in [-0.2, 0) is 0 Å². The van der Waals surface area contributed by atoms with Gasteiger partial charge in [0.05, 0.1) is 11.9 Å². The van der Waals surface area contributed by atoms with Crippen molar-refractivity contribution in [2.45, 2.75) is 45.1 Å². The van der Waals surface area contributed by atoms with Crippen molar-refractivity contribution >= 4 is 5.69 Å². The van der Waals surface area contributed by atoms with Crippen molar-refractivity contribution in [3.63, 3.8) is 0 Å². The second-order valence-corrected chi connectivity index (χ2v) is 4.52. The fraction of sp³-hybridized carbons (Fsp3) is 0.615. The number of hydrogen-bond acceptors (Lipinski definition) is 3. The van der Waals surface area contributed by atoms with E-state index >= 15 is 0 Å². The van der Waals surface area contributed by atoms with E-state index in [2.05, 4.69) is 11.9 Å². The summed E-state index contributed by atoms with van der Waals surface area (Å²) in [5, 5.41) is 0. The Kier molecular flexibility index (Phi) is 3.65. The van der Waals surface area contributed by atoms with E-state index in [-0.39, 0.29) is 0 Å². The summed E-state index contributed by atoms with van der Waals surface area (Å²) in [6.07, 6.45) is 9.95. The first kappa shape index (κ1) is 11.2. The van der Waals surface area contributed by atoms with Crippen LogP contribution < -0.4 is 10.5 Å². The summed E-state index contributed by atoms with van der Waals surface area (Å²) in [7, 11) is 0. The second kappa shape index (κ2) is 5.19. The van der Waals surface area contributed by atoms with E-state index in [1.807, 2.05) is 6.07 Å². The molecule has 0 aromatic carbocycles. The number of ether oxygens (including phenoxy) is 1. The second-order valence-electron chi connectivity index (χ2n) is 4.52. The highest BCUT2D eigenvalue weighted by molar-refractivity contribution is 5.49. The van der Waals surface area contributed by atoms with Crippen molar-refractivity contribution in [3.05, 3.63) is 18.5 Å². The summed E-state index contributed by atoms with van der Waals surface area (Å²) in [5.41, 5.74) is 6.48. The van der Waals surface area contributed by atoms with E-state index in [0.717, 1.165) is 12.2 Å². The van der Waals surface area contributed by atoms with Crippen LogP contribution in [0.15, 0.2) is 18.5 Å². The van der Waals surface area contributed by atoms with Gasteiger partial charge in [0.15, 0.2) is 0 Å². The number of nitrogens with zero attached hydrogens (tertiary/aromatic N) is 1. The molecule has 2 N–H and O–H groups in total. The number of pyridine rings is 1. The van der Waals surface area contributed by atoms with Crippen LogP contribution in [0.1, 0.15) is 39.0 Å². The van der Waals surface area contributed by atoms with Crippen molar-refractivity contribution in [2.24, 2.45) is 5.92 Å². The smallest absolute Gasteiger partial charge is 0.145 e. The van der Waals surface area contributed by atoms with Crippen molar-refractivity contribution in [3.8, 4) is 5.75 Å².